The highest BCUT2D eigenvalue weighted by Gasteiger charge is 2.23. The molecule has 1 N–H and O–H groups in total. The van der Waals surface area contributed by atoms with Crippen LogP contribution < -0.4 is 10.1 Å². The second kappa shape index (κ2) is 8.81. The third-order valence-electron chi connectivity index (χ3n) is 4.70. The van der Waals surface area contributed by atoms with Crippen molar-refractivity contribution in [1.29, 1.82) is 0 Å². The molecule has 1 amide bonds. The maximum absolute atomic E-state index is 12.9. The summed E-state index contributed by atoms with van der Waals surface area (Å²) in [6.07, 6.45) is 2.04. The summed E-state index contributed by atoms with van der Waals surface area (Å²) >= 11 is 0. The molecule has 0 radical (unpaired) electrons. The Labute approximate surface area is 154 Å². The van der Waals surface area contributed by atoms with E-state index in [1.807, 2.05) is 24.3 Å². The third kappa shape index (κ3) is 5.30. The van der Waals surface area contributed by atoms with Gasteiger partial charge in [-0.3, -0.25) is 4.79 Å². The molecule has 1 atom stereocenters. The summed E-state index contributed by atoms with van der Waals surface area (Å²) in [5, 5.41) is 3.03. The quantitative estimate of drug-likeness (QED) is 0.863. The van der Waals surface area contributed by atoms with E-state index in [0.29, 0.717) is 13.2 Å². The van der Waals surface area contributed by atoms with E-state index >= 15 is 0 Å². The van der Waals surface area contributed by atoms with Crippen molar-refractivity contribution in [1.82, 2.24) is 10.2 Å². The molecule has 0 saturated carbocycles. The van der Waals surface area contributed by atoms with Crippen LogP contribution in [-0.4, -0.2) is 30.9 Å². The SMILES string of the molecule is CN1CCC[C@@H](C(=O)NCc2ccc(OCc3ccc(F)cc3)cc2)C1. The fourth-order valence-corrected chi connectivity index (χ4v) is 3.16. The van der Waals surface area contributed by atoms with Gasteiger partial charge in [-0.1, -0.05) is 24.3 Å². The highest BCUT2D eigenvalue weighted by atomic mass is 19.1. The average Bonchev–Trinajstić information content (AvgIpc) is 2.66. The number of amides is 1. The molecule has 2 aromatic carbocycles. The van der Waals surface area contributed by atoms with Crippen molar-refractivity contribution in [3.63, 3.8) is 0 Å². The molecule has 0 bridgehead atoms. The lowest BCUT2D eigenvalue weighted by Crippen LogP contribution is -2.41. The number of piperidine rings is 1. The van der Waals surface area contributed by atoms with Crippen LogP contribution in [0.2, 0.25) is 0 Å². The minimum Gasteiger partial charge on any atom is -0.489 e. The second-order valence-corrected chi connectivity index (χ2v) is 6.88. The van der Waals surface area contributed by atoms with E-state index < -0.39 is 0 Å². The van der Waals surface area contributed by atoms with E-state index in [-0.39, 0.29) is 17.6 Å². The molecule has 2 aromatic rings. The summed E-state index contributed by atoms with van der Waals surface area (Å²) in [4.78, 5) is 14.5. The first kappa shape index (κ1) is 18.4. The predicted molar refractivity (Wildman–Crippen MR) is 99.2 cm³/mol. The van der Waals surface area contributed by atoms with Crippen LogP contribution in [0, 0.1) is 11.7 Å². The van der Waals surface area contributed by atoms with Gasteiger partial charge in [-0.25, -0.2) is 4.39 Å². The first-order valence-electron chi connectivity index (χ1n) is 9.02. The molecular weight excluding hydrogens is 331 g/mol. The number of nitrogens with zero attached hydrogens (tertiary/aromatic N) is 1. The molecule has 26 heavy (non-hydrogen) atoms. The minimum absolute atomic E-state index is 0.0899. The van der Waals surface area contributed by atoms with Crippen LogP contribution in [0.1, 0.15) is 24.0 Å². The summed E-state index contributed by atoms with van der Waals surface area (Å²) in [6.45, 7) is 2.83. The normalized spacial score (nSPS) is 17.7. The van der Waals surface area contributed by atoms with Crippen LogP contribution in [-0.2, 0) is 17.9 Å². The van der Waals surface area contributed by atoms with E-state index in [1.165, 1.54) is 12.1 Å². The maximum Gasteiger partial charge on any atom is 0.224 e. The lowest BCUT2D eigenvalue weighted by Gasteiger charge is -2.28. The fraction of sp³-hybridized carbons (Fsp3) is 0.381. The Morgan fingerprint density at radius 1 is 1.15 bits per heavy atom. The van der Waals surface area contributed by atoms with Gasteiger partial charge in [0.25, 0.3) is 0 Å². The lowest BCUT2D eigenvalue weighted by atomic mass is 9.97. The first-order chi connectivity index (χ1) is 12.6. The topological polar surface area (TPSA) is 41.6 Å². The van der Waals surface area contributed by atoms with E-state index in [0.717, 1.165) is 42.8 Å². The van der Waals surface area contributed by atoms with Gasteiger partial charge in [0.05, 0.1) is 5.92 Å². The Morgan fingerprint density at radius 2 is 1.85 bits per heavy atom. The number of carbonyl (C=O) groups excluding carboxylic acids is 1. The molecule has 1 saturated heterocycles. The summed E-state index contributed by atoms with van der Waals surface area (Å²) < 4.78 is 18.6. The Kier molecular flexibility index (Phi) is 6.23. The summed E-state index contributed by atoms with van der Waals surface area (Å²) in [6, 6.07) is 14.0. The third-order valence-corrected chi connectivity index (χ3v) is 4.70. The summed E-state index contributed by atoms with van der Waals surface area (Å²) in [5.74, 6) is 0.721. The largest absolute Gasteiger partial charge is 0.489 e. The minimum atomic E-state index is -0.250. The number of hydrogen-bond acceptors (Lipinski definition) is 3. The zero-order valence-corrected chi connectivity index (χ0v) is 15.1. The molecule has 4 nitrogen and oxygen atoms in total. The number of halogens is 1. The van der Waals surface area contributed by atoms with Gasteiger partial charge in [-0.05, 0) is 61.8 Å². The lowest BCUT2D eigenvalue weighted by molar-refractivity contribution is -0.126. The van der Waals surface area contributed by atoms with E-state index in [1.54, 1.807) is 12.1 Å². The molecule has 1 heterocycles. The van der Waals surface area contributed by atoms with Crippen molar-refractivity contribution in [2.75, 3.05) is 20.1 Å². The molecule has 1 fully saturated rings. The van der Waals surface area contributed by atoms with Gasteiger partial charge in [0.15, 0.2) is 0 Å². The molecule has 0 unspecified atom stereocenters. The van der Waals surface area contributed by atoms with Crippen molar-refractivity contribution in [2.45, 2.75) is 26.0 Å². The van der Waals surface area contributed by atoms with E-state index in [2.05, 4.69) is 17.3 Å². The molecule has 5 heteroatoms. The smallest absolute Gasteiger partial charge is 0.224 e. The van der Waals surface area contributed by atoms with Crippen molar-refractivity contribution in [2.24, 2.45) is 5.92 Å². The Morgan fingerprint density at radius 3 is 2.54 bits per heavy atom. The summed E-state index contributed by atoms with van der Waals surface area (Å²) in [5.41, 5.74) is 1.96. The zero-order valence-electron chi connectivity index (χ0n) is 15.1. The van der Waals surface area contributed by atoms with Crippen LogP contribution in [0.5, 0.6) is 5.75 Å². The molecule has 0 aliphatic carbocycles. The molecular formula is C21H25FN2O2. The standard InChI is InChI=1S/C21H25FN2O2/c1-24-12-2-3-18(14-24)21(25)23-13-16-6-10-20(11-7-16)26-15-17-4-8-19(22)9-5-17/h4-11,18H,2-3,12-15H2,1H3,(H,23,25)/t18-/m1/s1. The van der Waals surface area contributed by atoms with Crippen molar-refractivity contribution < 1.29 is 13.9 Å². The van der Waals surface area contributed by atoms with Gasteiger partial charge in [-0.2, -0.15) is 0 Å². The number of rotatable bonds is 6. The number of ether oxygens (including phenoxy) is 1. The Balaban J connectivity index is 1.45. The van der Waals surface area contributed by atoms with E-state index in [4.69, 9.17) is 4.74 Å². The second-order valence-electron chi connectivity index (χ2n) is 6.88. The fourth-order valence-electron chi connectivity index (χ4n) is 3.16. The van der Waals surface area contributed by atoms with Crippen LogP contribution in [0.15, 0.2) is 48.5 Å². The molecule has 1 aliphatic rings. The van der Waals surface area contributed by atoms with Crippen LogP contribution in [0.3, 0.4) is 0 Å². The number of nitrogens with one attached hydrogen (secondary N) is 1. The van der Waals surface area contributed by atoms with Crippen molar-refractivity contribution in [3.8, 4) is 5.75 Å². The van der Waals surface area contributed by atoms with Crippen molar-refractivity contribution >= 4 is 5.91 Å². The average molecular weight is 356 g/mol. The highest BCUT2D eigenvalue weighted by Crippen LogP contribution is 2.17. The van der Waals surface area contributed by atoms with Gasteiger partial charge < -0.3 is 15.0 Å². The number of hydrogen-bond donors (Lipinski definition) is 1. The first-order valence-corrected chi connectivity index (χ1v) is 9.02. The van der Waals surface area contributed by atoms with Crippen molar-refractivity contribution in [3.05, 3.63) is 65.5 Å². The number of carbonyl (C=O) groups is 1. The molecule has 0 aromatic heterocycles. The van der Waals surface area contributed by atoms with Gasteiger partial charge in [0.1, 0.15) is 18.2 Å². The predicted octanol–water partition coefficient (Wildman–Crippen LogP) is 3.36. The van der Waals surface area contributed by atoms with Gasteiger partial charge in [-0.15, -0.1) is 0 Å². The van der Waals surface area contributed by atoms with Crippen LogP contribution in [0.25, 0.3) is 0 Å². The molecule has 0 spiro atoms. The highest BCUT2D eigenvalue weighted by molar-refractivity contribution is 5.78. The van der Waals surface area contributed by atoms with E-state index in [9.17, 15) is 9.18 Å². The Hall–Kier alpha value is -2.40. The van der Waals surface area contributed by atoms with Crippen LogP contribution >= 0.6 is 0 Å². The molecule has 138 valence electrons. The number of likely N-dealkylation sites (tertiary alicyclic amines) is 1. The zero-order chi connectivity index (χ0) is 18.4. The monoisotopic (exact) mass is 356 g/mol. The Bertz CT molecular complexity index is 716. The summed E-state index contributed by atoms with van der Waals surface area (Å²) in [7, 11) is 2.06. The number of benzene rings is 2. The van der Waals surface area contributed by atoms with Gasteiger partial charge >= 0.3 is 0 Å². The molecule has 3 rings (SSSR count). The maximum atomic E-state index is 12.9. The van der Waals surface area contributed by atoms with Crippen LogP contribution in [0.4, 0.5) is 4.39 Å². The van der Waals surface area contributed by atoms with Gasteiger partial charge in [0.2, 0.25) is 5.91 Å². The van der Waals surface area contributed by atoms with Gasteiger partial charge in [0, 0.05) is 13.1 Å². The molecule has 1 aliphatic heterocycles.